The monoisotopic (exact) mass is 265 g/mol. The maximum atomic E-state index is 12.6. The maximum Gasteiger partial charge on any atom is 0.227 e. The molecule has 3 aliphatic rings. The molecule has 4 heteroatoms. The van der Waals surface area contributed by atoms with Crippen LogP contribution in [0, 0.1) is 11.8 Å². The van der Waals surface area contributed by atoms with Gasteiger partial charge in [0.15, 0.2) is 0 Å². The average molecular weight is 265 g/mol. The van der Waals surface area contributed by atoms with Crippen LogP contribution in [0.15, 0.2) is 0 Å². The van der Waals surface area contributed by atoms with E-state index in [1.165, 1.54) is 38.8 Å². The molecule has 3 aliphatic heterocycles. The summed E-state index contributed by atoms with van der Waals surface area (Å²) in [6.07, 6.45) is 5.14. The standard InChI is InChI=1S/C15H27N3O/c1-12-9-16-10-14(12)15(19)18-8-4-5-13(11-18)17-6-2-3-7-17/h12-14,16H,2-11H2,1H3. The number of carbonyl (C=O) groups excluding carboxylic acids is 1. The van der Waals surface area contributed by atoms with Crippen LogP contribution in [-0.4, -0.2) is 61.0 Å². The van der Waals surface area contributed by atoms with Crippen LogP contribution >= 0.6 is 0 Å². The van der Waals surface area contributed by atoms with E-state index in [9.17, 15) is 4.79 Å². The fourth-order valence-corrected chi connectivity index (χ4v) is 3.93. The molecule has 0 aromatic rings. The van der Waals surface area contributed by atoms with Crippen molar-refractivity contribution in [3.63, 3.8) is 0 Å². The zero-order chi connectivity index (χ0) is 13.2. The number of rotatable bonds is 2. The summed E-state index contributed by atoms with van der Waals surface area (Å²) in [7, 11) is 0. The fourth-order valence-electron chi connectivity index (χ4n) is 3.93. The first-order valence-corrected chi connectivity index (χ1v) is 7.99. The van der Waals surface area contributed by atoms with Gasteiger partial charge in [0.25, 0.3) is 0 Å². The lowest BCUT2D eigenvalue weighted by Crippen LogP contribution is -2.51. The summed E-state index contributed by atoms with van der Waals surface area (Å²) >= 11 is 0. The lowest BCUT2D eigenvalue weighted by Gasteiger charge is -2.39. The highest BCUT2D eigenvalue weighted by Crippen LogP contribution is 2.24. The van der Waals surface area contributed by atoms with Crippen molar-refractivity contribution in [3.05, 3.63) is 0 Å². The fraction of sp³-hybridized carbons (Fsp3) is 0.933. The van der Waals surface area contributed by atoms with Gasteiger partial charge in [0.2, 0.25) is 5.91 Å². The molecule has 3 saturated heterocycles. The average Bonchev–Trinajstić information content (AvgIpc) is 3.09. The molecular weight excluding hydrogens is 238 g/mol. The van der Waals surface area contributed by atoms with E-state index < -0.39 is 0 Å². The van der Waals surface area contributed by atoms with Gasteiger partial charge < -0.3 is 10.2 Å². The Labute approximate surface area is 116 Å². The molecule has 0 radical (unpaired) electrons. The third-order valence-corrected chi connectivity index (χ3v) is 5.20. The third kappa shape index (κ3) is 2.79. The summed E-state index contributed by atoms with van der Waals surface area (Å²) in [5.74, 6) is 1.12. The van der Waals surface area contributed by atoms with Crippen LogP contribution in [0.5, 0.6) is 0 Å². The zero-order valence-corrected chi connectivity index (χ0v) is 12.1. The lowest BCUT2D eigenvalue weighted by atomic mass is 9.94. The number of likely N-dealkylation sites (tertiary alicyclic amines) is 2. The van der Waals surface area contributed by atoms with E-state index in [0.29, 0.717) is 17.9 Å². The molecular formula is C15H27N3O. The molecule has 0 aliphatic carbocycles. The van der Waals surface area contributed by atoms with Gasteiger partial charge in [-0.2, -0.15) is 0 Å². The minimum Gasteiger partial charge on any atom is -0.341 e. The number of carbonyl (C=O) groups is 1. The number of hydrogen-bond donors (Lipinski definition) is 1. The Morgan fingerprint density at radius 1 is 1.11 bits per heavy atom. The number of piperidine rings is 1. The number of amides is 1. The summed E-state index contributed by atoms with van der Waals surface area (Å²) in [4.78, 5) is 17.4. The minimum absolute atomic E-state index is 0.220. The van der Waals surface area contributed by atoms with Crippen molar-refractivity contribution in [2.45, 2.75) is 38.6 Å². The highest BCUT2D eigenvalue weighted by molar-refractivity contribution is 5.80. The van der Waals surface area contributed by atoms with Gasteiger partial charge in [-0.05, 0) is 51.2 Å². The van der Waals surface area contributed by atoms with Gasteiger partial charge in [-0.25, -0.2) is 0 Å². The van der Waals surface area contributed by atoms with Gasteiger partial charge in [-0.15, -0.1) is 0 Å². The molecule has 3 rings (SSSR count). The summed E-state index contributed by atoms with van der Waals surface area (Å²) in [6.45, 7) is 8.52. The number of nitrogens with one attached hydrogen (secondary N) is 1. The second-order valence-corrected chi connectivity index (χ2v) is 6.57. The SMILES string of the molecule is CC1CNCC1C(=O)N1CCCC(N2CCCC2)C1. The summed E-state index contributed by atoms with van der Waals surface area (Å²) < 4.78 is 0. The first-order chi connectivity index (χ1) is 9.25. The number of hydrogen-bond acceptors (Lipinski definition) is 3. The molecule has 3 atom stereocenters. The van der Waals surface area contributed by atoms with Gasteiger partial charge in [-0.3, -0.25) is 9.69 Å². The molecule has 1 amide bonds. The Hall–Kier alpha value is -0.610. The van der Waals surface area contributed by atoms with Crippen molar-refractivity contribution in [1.29, 1.82) is 0 Å². The molecule has 3 fully saturated rings. The highest BCUT2D eigenvalue weighted by atomic mass is 16.2. The van der Waals surface area contributed by atoms with Crippen LogP contribution in [0.3, 0.4) is 0 Å². The molecule has 3 heterocycles. The van der Waals surface area contributed by atoms with Crippen molar-refractivity contribution in [2.75, 3.05) is 39.3 Å². The third-order valence-electron chi connectivity index (χ3n) is 5.20. The van der Waals surface area contributed by atoms with E-state index in [1.54, 1.807) is 0 Å². The minimum atomic E-state index is 0.220. The molecule has 3 unspecified atom stereocenters. The largest absolute Gasteiger partial charge is 0.341 e. The van der Waals surface area contributed by atoms with Crippen molar-refractivity contribution >= 4 is 5.91 Å². The van der Waals surface area contributed by atoms with Gasteiger partial charge in [-0.1, -0.05) is 6.92 Å². The molecule has 0 aromatic carbocycles. The quantitative estimate of drug-likeness (QED) is 0.807. The molecule has 19 heavy (non-hydrogen) atoms. The lowest BCUT2D eigenvalue weighted by molar-refractivity contribution is -0.138. The Bertz CT molecular complexity index is 327. The van der Waals surface area contributed by atoms with E-state index in [0.717, 1.165) is 26.2 Å². The van der Waals surface area contributed by atoms with Crippen LogP contribution in [0.25, 0.3) is 0 Å². The summed E-state index contributed by atoms with van der Waals surface area (Å²) in [5, 5.41) is 3.35. The zero-order valence-electron chi connectivity index (χ0n) is 12.1. The molecule has 0 spiro atoms. The van der Waals surface area contributed by atoms with Gasteiger partial charge in [0.05, 0.1) is 5.92 Å². The van der Waals surface area contributed by atoms with Gasteiger partial charge in [0.1, 0.15) is 0 Å². The van der Waals surface area contributed by atoms with E-state index in [-0.39, 0.29) is 5.92 Å². The van der Waals surface area contributed by atoms with Crippen molar-refractivity contribution in [3.8, 4) is 0 Å². The van der Waals surface area contributed by atoms with Crippen molar-refractivity contribution in [2.24, 2.45) is 11.8 Å². The molecule has 108 valence electrons. The first-order valence-electron chi connectivity index (χ1n) is 7.99. The Morgan fingerprint density at radius 2 is 1.89 bits per heavy atom. The predicted octanol–water partition coefficient (Wildman–Crippen LogP) is 0.929. The van der Waals surface area contributed by atoms with Crippen molar-refractivity contribution < 1.29 is 4.79 Å². The van der Waals surface area contributed by atoms with Gasteiger partial charge in [0, 0.05) is 25.7 Å². The second kappa shape index (κ2) is 5.80. The van der Waals surface area contributed by atoms with Crippen LogP contribution < -0.4 is 5.32 Å². The number of nitrogens with zero attached hydrogens (tertiary/aromatic N) is 2. The first kappa shape index (κ1) is 13.4. The summed E-state index contributed by atoms with van der Waals surface area (Å²) in [6, 6.07) is 0.630. The molecule has 0 bridgehead atoms. The molecule has 0 saturated carbocycles. The molecule has 0 aromatic heterocycles. The molecule has 1 N–H and O–H groups in total. The van der Waals surface area contributed by atoms with Crippen molar-refractivity contribution in [1.82, 2.24) is 15.1 Å². The Kier molecular flexibility index (Phi) is 4.08. The topological polar surface area (TPSA) is 35.6 Å². The molecule has 4 nitrogen and oxygen atoms in total. The normalized spacial score (nSPS) is 36.9. The smallest absolute Gasteiger partial charge is 0.227 e. The predicted molar refractivity (Wildman–Crippen MR) is 75.9 cm³/mol. The van der Waals surface area contributed by atoms with Crippen LogP contribution in [0.2, 0.25) is 0 Å². The van der Waals surface area contributed by atoms with E-state index in [1.807, 2.05) is 0 Å². The van der Waals surface area contributed by atoms with E-state index in [4.69, 9.17) is 0 Å². The summed E-state index contributed by atoms with van der Waals surface area (Å²) in [5.41, 5.74) is 0. The van der Waals surface area contributed by atoms with Crippen LogP contribution in [-0.2, 0) is 4.79 Å². The Morgan fingerprint density at radius 3 is 2.58 bits per heavy atom. The highest BCUT2D eigenvalue weighted by Gasteiger charge is 2.36. The van der Waals surface area contributed by atoms with Crippen LogP contribution in [0.1, 0.15) is 32.6 Å². The van der Waals surface area contributed by atoms with Crippen LogP contribution in [0.4, 0.5) is 0 Å². The van der Waals surface area contributed by atoms with E-state index in [2.05, 4.69) is 22.0 Å². The van der Waals surface area contributed by atoms with E-state index >= 15 is 0 Å². The maximum absolute atomic E-state index is 12.6. The Balaban J connectivity index is 1.59. The van der Waals surface area contributed by atoms with Gasteiger partial charge >= 0.3 is 0 Å². The second-order valence-electron chi connectivity index (χ2n) is 6.57.